The second-order valence-electron chi connectivity index (χ2n) is 9.75. The Labute approximate surface area is 201 Å². The van der Waals surface area contributed by atoms with Crippen LogP contribution in [0.3, 0.4) is 0 Å². The summed E-state index contributed by atoms with van der Waals surface area (Å²) in [6, 6.07) is 13.0. The normalized spacial score (nSPS) is 22.3. The van der Waals surface area contributed by atoms with E-state index in [0.717, 1.165) is 62.7 Å². The topological polar surface area (TPSA) is 66.8 Å². The molecule has 34 heavy (non-hydrogen) atoms. The van der Waals surface area contributed by atoms with E-state index in [2.05, 4.69) is 13.0 Å². The summed E-state index contributed by atoms with van der Waals surface area (Å²) in [5, 5.41) is 11.4. The second kappa shape index (κ2) is 9.65. The molecule has 0 bridgehead atoms. The molecule has 5 heteroatoms. The quantitative estimate of drug-likeness (QED) is 0.341. The number of carbonyl (C=O) groups is 2. The number of benzene rings is 2. The summed E-state index contributed by atoms with van der Waals surface area (Å²) in [7, 11) is 0. The molecule has 0 aromatic heterocycles. The SMILES string of the molecule is CCCOc1ccc(C2/C(=C(/O)c3ccc4c(c3)CCCC4)C(=O)C(=O)N2C2CCCC2)cc1. The third kappa shape index (κ3) is 4.13. The summed E-state index contributed by atoms with van der Waals surface area (Å²) < 4.78 is 5.73. The maximum Gasteiger partial charge on any atom is 0.295 e. The van der Waals surface area contributed by atoms with Gasteiger partial charge >= 0.3 is 0 Å². The van der Waals surface area contributed by atoms with Crippen LogP contribution in [-0.4, -0.2) is 34.3 Å². The van der Waals surface area contributed by atoms with Gasteiger partial charge in [-0.2, -0.15) is 0 Å². The number of hydrogen-bond donors (Lipinski definition) is 1. The van der Waals surface area contributed by atoms with Gasteiger partial charge in [0.2, 0.25) is 0 Å². The molecule has 2 fully saturated rings. The van der Waals surface area contributed by atoms with Crippen LogP contribution < -0.4 is 4.74 Å². The van der Waals surface area contributed by atoms with Crippen LogP contribution in [0.1, 0.15) is 80.2 Å². The fourth-order valence-corrected chi connectivity index (χ4v) is 5.74. The summed E-state index contributed by atoms with van der Waals surface area (Å²) in [5.74, 6) is -0.386. The lowest BCUT2D eigenvalue weighted by atomic mass is 9.88. The standard InChI is InChI=1S/C29H33NO4/c1-2-17-34-24-15-13-20(14-16-24)26-25(28(32)29(33)30(26)23-9-5-6-10-23)27(31)22-12-11-19-7-3-4-8-21(19)18-22/h11-16,18,23,26,31H,2-10,17H2,1H3/b27-25-. The lowest BCUT2D eigenvalue weighted by Crippen LogP contribution is -2.37. The van der Waals surface area contributed by atoms with Crippen molar-refractivity contribution in [3.63, 3.8) is 0 Å². The molecule has 2 aromatic rings. The molecule has 5 rings (SSSR count). The number of aryl methyl sites for hydroxylation is 2. The summed E-state index contributed by atoms with van der Waals surface area (Å²) in [6.45, 7) is 2.70. The minimum absolute atomic E-state index is 0.0197. The van der Waals surface area contributed by atoms with Gasteiger partial charge in [0.25, 0.3) is 11.7 Å². The van der Waals surface area contributed by atoms with Crippen molar-refractivity contribution in [2.45, 2.75) is 76.8 Å². The number of hydrogen-bond acceptors (Lipinski definition) is 4. The Balaban J connectivity index is 1.58. The number of ether oxygens (including phenoxy) is 1. The lowest BCUT2D eigenvalue weighted by molar-refractivity contribution is -0.141. The van der Waals surface area contributed by atoms with Crippen LogP contribution in [0.5, 0.6) is 5.75 Å². The highest BCUT2D eigenvalue weighted by atomic mass is 16.5. The van der Waals surface area contributed by atoms with E-state index in [1.165, 1.54) is 17.5 Å². The van der Waals surface area contributed by atoms with Gasteiger partial charge in [0.1, 0.15) is 11.5 Å². The Morgan fingerprint density at radius 3 is 2.38 bits per heavy atom. The highest BCUT2D eigenvalue weighted by molar-refractivity contribution is 6.46. The third-order valence-electron chi connectivity index (χ3n) is 7.49. The molecule has 1 N–H and O–H groups in total. The number of likely N-dealkylation sites (tertiary alicyclic amines) is 1. The summed E-state index contributed by atoms with van der Waals surface area (Å²) in [4.78, 5) is 28.3. The van der Waals surface area contributed by atoms with Gasteiger partial charge in [-0.15, -0.1) is 0 Å². The molecular weight excluding hydrogens is 426 g/mol. The van der Waals surface area contributed by atoms with E-state index in [-0.39, 0.29) is 17.4 Å². The maximum absolute atomic E-state index is 13.3. The van der Waals surface area contributed by atoms with Crippen LogP contribution in [-0.2, 0) is 22.4 Å². The summed E-state index contributed by atoms with van der Waals surface area (Å²) in [6.07, 6.45) is 9.15. The van der Waals surface area contributed by atoms with Crippen LogP contribution in [0.4, 0.5) is 0 Å². The number of amides is 1. The average Bonchev–Trinajstić information content (AvgIpc) is 3.49. The molecule has 5 nitrogen and oxygen atoms in total. The molecule has 2 aliphatic carbocycles. The molecule has 1 saturated carbocycles. The van der Waals surface area contributed by atoms with Gasteiger partial charge in [0.15, 0.2) is 0 Å². The third-order valence-corrected chi connectivity index (χ3v) is 7.49. The zero-order valence-electron chi connectivity index (χ0n) is 19.9. The smallest absolute Gasteiger partial charge is 0.295 e. The van der Waals surface area contributed by atoms with E-state index in [4.69, 9.17) is 4.74 Å². The summed E-state index contributed by atoms with van der Waals surface area (Å²) >= 11 is 0. The molecule has 0 radical (unpaired) electrons. The number of fused-ring (bicyclic) bond motifs is 1. The second-order valence-corrected chi connectivity index (χ2v) is 9.75. The lowest BCUT2D eigenvalue weighted by Gasteiger charge is -2.31. The van der Waals surface area contributed by atoms with Crippen molar-refractivity contribution in [3.8, 4) is 5.75 Å². The van der Waals surface area contributed by atoms with Crippen molar-refractivity contribution in [2.24, 2.45) is 0 Å². The molecule has 2 aromatic carbocycles. The van der Waals surface area contributed by atoms with E-state index < -0.39 is 17.7 Å². The monoisotopic (exact) mass is 459 g/mol. The van der Waals surface area contributed by atoms with Crippen molar-refractivity contribution in [1.29, 1.82) is 0 Å². The Bertz CT molecular complexity index is 1110. The minimum Gasteiger partial charge on any atom is -0.507 e. The number of ketones is 1. The Kier molecular flexibility index (Phi) is 6.44. The number of Topliss-reactive ketones (excluding diaryl/α,β-unsaturated/α-hetero) is 1. The fraction of sp³-hybridized carbons (Fsp3) is 0.448. The largest absolute Gasteiger partial charge is 0.507 e. The first kappa shape index (κ1) is 22.7. The fourth-order valence-electron chi connectivity index (χ4n) is 5.74. The molecule has 3 aliphatic rings. The number of aliphatic hydroxyl groups is 1. The van der Waals surface area contributed by atoms with Crippen molar-refractivity contribution in [3.05, 3.63) is 70.3 Å². The molecule has 1 heterocycles. The van der Waals surface area contributed by atoms with Crippen LogP contribution in [0.15, 0.2) is 48.0 Å². The van der Waals surface area contributed by atoms with Crippen LogP contribution in [0, 0.1) is 0 Å². The van der Waals surface area contributed by atoms with E-state index in [9.17, 15) is 14.7 Å². The molecule has 1 saturated heterocycles. The average molecular weight is 460 g/mol. The van der Waals surface area contributed by atoms with Gasteiger partial charge in [0.05, 0.1) is 18.2 Å². The highest BCUT2D eigenvalue weighted by Gasteiger charge is 2.49. The Hall–Kier alpha value is -3.08. The molecule has 1 aliphatic heterocycles. The van der Waals surface area contributed by atoms with Gasteiger partial charge in [-0.1, -0.05) is 44.0 Å². The molecule has 1 atom stereocenters. The molecule has 1 amide bonds. The zero-order chi connectivity index (χ0) is 23.7. The van der Waals surface area contributed by atoms with Gasteiger partial charge < -0.3 is 14.7 Å². The predicted molar refractivity (Wildman–Crippen MR) is 132 cm³/mol. The zero-order valence-corrected chi connectivity index (χ0v) is 19.9. The molecule has 0 spiro atoms. The Morgan fingerprint density at radius 1 is 0.971 bits per heavy atom. The van der Waals surface area contributed by atoms with Gasteiger partial charge in [-0.3, -0.25) is 9.59 Å². The number of nitrogens with zero attached hydrogens (tertiary/aromatic N) is 1. The molecular formula is C29H33NO4. The van der Waals surface area contributed by atoms with Gasteiger partial charge in [-0.25, -0.2) is 0 Å². The van der Waals surface area contributed by atoms with Gasteiger partial charge in [0, 0.05) is 11.6 Å². The molecule has 1 unspecified atom stereocenters. The summed E-state index contributed by atoms with van der Waals surface area (Å²) in [5.41, 5.74) is 4.20. The van der Waals surface area contributed by atoms with Gasteiger partial charge in [-0.05, 0) is 79.8 Å². The first-order chi connectivity index (χ1) is 16.6. The predicted octanol–water partition coefficient (Wildman–Crippen LogP) is 5.72. The minimum atomic E-state index is -0.585. The van der Waals surface area contributed by atoms with E-state index >= 15 is 0 Å². The maximum atomic E-state index is 13.3. The first-order valence-corrected chi connectivity index (χ1v) is 12.7. The van der Waals surface area contributed by atoms with E-state index in [1.54, 1.807) is 4.90 Å². The van der Waals surface area contributed by atoms with Crippen molar-refractivity contribution in [1.82, 2.24) is 4.90 Å². The van der Waals surface area contributed by atoms with E-state index in [0.29, 0.717) is 12.2 Å². The number of aliphatic hydroxyl groups excluding tert-OH is 1. The molecule has 178 valence electrons. The first-order valence-electron chi connectivity index (χ1n) is 12.7. The van der Waals surface area contributed by atoms with Crippen LogP contribution >= 0.6 is 0 Å². The highest BCUT2D eigenvalue weighted by Crippen LogP contribution is 2.44. The Morgan fingerprint density at radius 2 is 1.68 bits per heavy atom. The van der Waals surface area contributed by atoms with Crippen molar-refractivity contribution >= 4 is 17.4 Å². The van der Waals surface area contributed by atoms with Crippen molar-refractivity contribution < 1.29 is 19.4 Å². The van der Waals surface area contributed by atoms with E-state index in [1.807, 2.05) is 36.4 Å². The van der Waals surface area contributed by atoms with Crippen LogP contribution in [0.2, 0.25) is 0 Å². The van der Waals surface area contributed by atoms with Crippen molar-refractivity contribution in [2.75, 3.05) is 6.61 Å². The van der Waals surface area contributed by atoms with Crippen LogP contribution in [0.25, 0.3) is 5.76 Å². The number of carbonyl (C=O) groups excluding carboxylic acids is 2. The number of rotatable bonds is 6.